The van der Waals surface area contributed by atoms with Crippen molar-refractivity contribution in [3.8, 4) is 0 Å². The van der Waals surface area contributed by atoms with Crippen molar-refractivity contribution in [3.63, 3.8) is 0 Å². The molecule has 0 radical (unpaired) electrons. The van der Waals surface area contributed by atoms with E-state index in [2.05, 4.69) is 4.74 Å². The molecule has 15 heavy (non-hydrogen) atoms. The van der Waals surface area contributed by atoms with Gasteiger partial charge in [0.1, 0.15) is 12.2 Å². The SMILES string of the molecule is COC(=O)[C@H](C=O)[C@@H](C(=O)O)C1C=CC1. The largest absolute Gasteiger partial charge is 0.481 e. The minimum atomic E-state index is -1.22. The number of aliphatic carboxylic acids is 1. The standard InChI is InChI=1S/C10H12O5/c1-15-10(14)7(5-11)8(9(12)13)6-3-2-4-6/h2-3,5-8H,4H2,1H3,(H,12,13)/t6?,7-,8+/m1/s1. The highest BCUT2D eigenvalue weighted by molar-refractivity contribution is 5.93. The second-order valence-electron chi connectivity index (χ2n) is 3.38. The van der Waals surface area contributed by atoms with Crippen LogP contribution < -0.4 is 0 Å². The minimum absolute atomic E-state index is 0.253. The number of carbonyl (C=O) groups is 3. The molecule has 3 atom stereocenters. The summed E-state index contributed by atoms with van der Waals surface area (Å²) in [4.78, 5) is 32.9. The van der Waals surface area contributed by atoms with E-state index in [4.69, 9.17) is 5.11 Å². The number of carboxylic acid groups (broad SMARTS) is 1. The maximum atomic E-state index is 11.2. The van der Waals surface area contributed by atoms with E-state index < -0.39 is 23.8 Å². The topological polar surface area (TPSA) is 80.7 Å². The van der Waals surface area contributed by atoms with Gasteiger partial charge < -0.3 is 14.6 Å². The Morgan fingerprint density at radius 1 is 1.60 bits per heavy atom. The van der Waals surface area contributed by atoms with Crippen molar-refractivity contribution in [3.05, 3.63) is 12.2 Å². The van der Waals surface area contributed by atoms with E-state index in [0.717, 1.165) is 7.11 Å². The summed E-state index contributed by atoms with van der Waals surface area (Å²) in [6.07, 6.45) is 4.42. The van der Waals surface area contributed by atoms with E-state index in [-0.39, 0.29) is 5.92 Å². The van der Waals surface area contributed by atoms with E-state index >= 15 is 0 Å². The fourth-order valence-electron chi connectivity index (χ4n) is 1.59. The zero-order chi connectivity index (χ0) is 11.4. The van der Waals surface area contributed by atoms with E-state index in [1.807, 2.05) is 0 Å². The Balaban J connectivity index is 2.85. The third kappa shape index (κ3) is 2.23. The van der Waals surface area contributed by atoms with E-state index in [1.165, 1.54) is 0 Å². The third-order valence-corrected chi connectivity index (χ3v) is 2.54. The number of aldehydes is 1. The van der Waals surface area contributed by atoms with E-state index in [0.29, 0.717) is 12.7 Å². The van der Waals surface area contributed by atoms with Crippen molar-refractivity contribution in [2.45, 2.75) is 6.42 Å². The van der Waals surface area contributed by atoms with Gasteiger partial charge in [0.15, 0.2) is 0 Å². The van der Waals surface area contributed by atoms with Gasteiger partial charge >= 0.3 is 11.9 Å². The zero-order valence-electron chi connectivity index (χ0n) is 8.25. The van der Waals surface area contributed by atoms with Gasteiger partial charge in [-0.15, -0.1) is 0 Å². The fourth-order valence-corrected chi connectivity index (χ4v) is 1.59. The summed E-state index contributed by atoms with van der Waals surface area (Å²) in [5, 5.41) is 8.95. The van der Waals surface area contributed by atoms with Crippen molar-refractivity contribution in [2.75, 3.05) is 7.11 Å². The quantitative estimate of drug-likeness (QED) is 0.306. The van der Waals surface area contributed by atoms with Gasteiger partial charge in [0.05, 0.1) is 13.0 Å². The average molecular weight is 212 g/mol. The Hall–Kier alpha value is -1.65. The summed E-state index contributed by atoms with van der Waals surface area (Å²) in [5.74, 6) is -4.43. The van der Waals surface area contributed by atoms with Crippen LogP contribution in [0, 0.1) is 17.8 Å². The zero-order valence-corrected chi connectivity index (χ0v) is 8.25. The summed E-state index contributed by atoms with van der Waals surface area (Å²) in [6.45, 7) is 0. The van der Waals surface area contributed by atoms with Crippen LogP contribution in [-0.2, 0) is 19.1 Å². The molecule has 1 N–H and O–H groups in total. The molecule has 0 spiro atoms. The molecule has 0 amide bonds. The van der Waals surface area contributed by atoms with Gasteiger partial charge in [-0.2, -0.15) is 0 Å². The highest BCUT2D eigenvalue weighted by atomic mass is 16.5. The lowest BCUT2D eigenvalue weighted by atomic mass is 9.76. The Morgan fingerprint density at radius 3 is 2.47 bits per heavy atom. The summed E-state index contributed by atoms with van der Waals surface area (Å²) < 4.78 is 4.40. The second kappa shape index (κ2) is 4.72. The van der Waals surface area contributed by atoms with Crippen molar-refractivity contribution in [1.82, 2.24) is 0 Å². The lowest BCUT2D eigenvalue weighted by molar-refractivity contribution is -0.158. The Bertz CT molecular complexity index is 307. The first-order chi connectivity index (χ1) is 7.11. The summed E-state index contributed by atoms with van der Waals surface area (Å²) in [7, 11) is 1.13. The van der Waals surface area contributed by atoms with Gasteiger partial charge in [0, 0.05) is 0 Å². The number of hydrogen-bond acceptors (Lipinski definition) is 4. The molecule has 1 aliphatic rings. The van der Waals surface area contributed by atoms with E-state index in [9.17, 15) is 14.4 Å². The Morgan fingerprint density at radius 2 is 2.20 bits per heavy atom. The first kappa shape index (κ1) is 11.4. The maximum absolute atomic E-state index is 11.2. The molecule has 0 saturated carbocycles. The van der Waals surface area contributed by atoms with Crippen LogP contribution in [0.1, 0.15) is 6.42 Å². The minimum Gasteiger partial charge on any atom is -0.481 e. The number of rotatable bonds is 5. The third-order valence-electron chi connectivity index (χ3n) is 2.54. The number of allylic oxidation sites excluding steroid dienone is 2. The number of ether oxygens (including phenoxy) is 1. The van der Waals surface area contributed by atoms with Gasteiger partial charge in [-0.05, 0) is 12.3 Å². The maximum Gasteiger partial charge on any atom is 0.316 e. The number of carbonyl (C=O) groups excluding carboxylic acids is 2. The van der Waals surface area contributed by atoms with Crippen LogP contribution in [0.3, 0.4) is 0 Å². The molecule has 0 aromatic carbocycles. The summed E-state index contributed by atoms with van der Waals surface area (Å²) in [6, 6.07) is 0. The predicted molar refractivity (Wildman–Crippen MR) is 49.9 cm³/mol. The van der Waals surface area contributed by atoms with Crippen LogP contribution in [0.15, 0.2) is 12.2 Å². The van der Waals surface area contributed by atoms with Gasteiger partial charge in [0.2, 0.25) is 0 Å². The molecule has 0 heterocycles. The lowest BCUT2D eigenvalue weighted by Gasteiger charge is -2.27. The van der Waals surface area contributed by atoms with E-state index in [1.54, 1.807) is 12.2 Å². The molecule has 0 aliphatic heterocycles. The fraction of sp³-hybridized carbons (Fsp3) is 0.500. The van der Waals surface area contributed by atoms with Gasteiger partial charge in [-0.1, -0.05) is 12.2 Å². The van der Waals surface area contributed by atoms with Gasteiger partial charge in [-0.3, -0.25) is 9.59 Å². The smallest absolute Gasteiger partial charge is 0.316 e. The Labute approximate surface area is 86.7 Å². The number of esters is 1. The van der Waals surface area contributed by atoms with Crippen LogP contribution in [0.2, 0.25) is 0 Å². The highest BCUT2D eigenvalue weighted by Gasteiger charge is 2.40. The first-order valence-corrected chi connectivity index (χ1v) is 4.54. The second-order valence-corrected chi connectivity index (χ2v) is 3.38. The monoisotopic (exact) mass is 212 g/mol. The Kier molecular flexibility index (Phi) is 3.60. The molecule has 5 nitrogen and oxygen atoms in total. The van der Waals surface area contributed by atoms with Crippen molar-refractivity contribution in [2.24, 2.45) is 17.8 Å². The number of methoxy groups -OCH3 is 1. The van der Waals surface area contributed by atoms with Crippen molar-refractivity contribution in [1.29, 1.82) is 0 Å². The van der Waals surface area contributed by atoms with Crippen molar-refractivity contribution < 1.29 is 24.2 Å². The molecule has 0 fully saturated rings. The molecule has 5 heteroatoms. The van der Waals surface area contributed by atoms with Crippen LogP contribution in [0.25, 0.3) is 0 Å². The van der Waals surface area contributed by atoms with Crippen molar-refractivity contribution >= 4 is 18.2 Å². The van der Waals surface area contributed by atoms with Crippen LogP contribution >= 0.6 is 0 Å². The van der Waals surface area contributed by atoms with Gasteiger partial charge in [0.25, 0.3) is 0 Å². The predicted octanol–water partition coefficient (Wildman–Crippen LogP) is 0.251. The summed E-state index contributed by atoms with van der Waals surface area (Å²) in [5.41, 5.74) is 0. The summed E-state index contributed by atoms with van der Waals surface area (Å²) >= 11 is 0. The molecule has 82 valence electrons. The molecular formula is C10H12O5. The molecule has 0 bridgehead atoms. The van der Waals surface area contributed by atoms with Gasteiger partial charge in [-0.25, -0.2) is 0 Å². The molecular weight excluding hydrogens is 200 g/mol. The first-order valence-electron chi connectivity index (χ1n) is 4.54. The molecule has 1 rings (SSSR count). The molecule has 0 aromatic rings. The lowest BCUT2D eigenvalue weighted by Crippen LogP contribution is -2.37. The number of hydrogen-bond donors (Lipinski definition) is 1. The molecule has 1 aliphatic carbocycles. The highest BCUT2D eigenvalue weighted by Crippen LogP contribution is 2.31. The number of carboxylic acids is 1. The van der Waals surface area contributed by atoms with Crippen LogP contribution in [0.4, 0.5) is 0 Å². The molecule has 1 unspecified atom stereocenters. The molecule has 0 saturated heterocycles. The van der Waals surface area contributed by atoms with Crippen LogP contribution in [0.5, 0.6) is 0 Å². The average Bonchev–Trinajstić information content (AvgIpc) is 2.13. The van der Waals surface area contributed by atoms with Crippen LogP contribution in [-0.4, -0.2) is 30.4 Å². The molecule has 0 aromatic heterocycles. The normalized spacial score (nSPS) is 22.3.